The molecule has 1 aliphatic heterocycles. The highest BCUT2D eigenvalue weighted by Crippen LogP contribution is 2.39. The predicted molar refractivity (Wildman–Crippen MR) is 85.2 cm³/mol. The molecule has 0 spiro atoms. The van der Waals surface area contributed by atoms with Crippen LogP contribution in [-0.2, 0) is 0 Å². The van der Waals surface area contributed by atoms with Gasteiger partial charge in [-0.15, -0.1) is 0 Å². The van der Waals surface area contributed by atoms with Gasteiger partial charge in [0.2, 0.25) is 0 Å². The zero-order valence-corrected chi connectivity index (χ0v) is 12.8. The van der Waals surface area contributed by atoms with Gasteiger partial charge >= 0.3 is 0 Å². The monoisotopic (exact) mass is 302 g/mol. The van der Waals surface area contributed by atoms with Crippen LogP contribution in [0.1, 0.15) is 25.5 Å². The highest BCUT2D eigenvalue weighted by Gasteiger charge is 2.36. The molecule has 3 heterocycles. The van der Waals surface area contributed by atoms with Crippen molar-refractivity contribution in [3.63, 3.8) is 0 Å². The largest absolute Gasteiger partial charge is 0.468 e. The van der Waals surface area contributed by atoms with E-state index in [1.54, 1.807) is 25.6 Å². The topological polar surface area (TPSA) is 86.0 Å². The minimum Gasteiger partial charge on any atom is -0.468 e. The van der Waals surface area contributed by atoms with E-state index in [0.717, 1.165) is 11.1 Å². The summed E-state index contributed by atoms with van der Waals surface area (Å²) in [6.07, 6.45) is 5.08. The van der Waals surface area contributed by atoms with E-state index in [0.29, 0.717) is 22.7 Å². The smallest absolute Gasteiger partial charge is 0.114 e. The van der Waals surface area contributed by atoms with Gasteiger partial charge < -0.3 is 4.42 Å². The molecule has 0 saturated heterocycles. The number of hydrogen-bond donors (Lipinski definition) is 0. The molecule has 5 heteroatoms. The van der Waals surface area contributed by atoms with Crippen LogP contribution in [0.4, 0.5) is 0 Å². The second kappa shape index (κ2) is 5.90. The molecule has 0 amide bonds. The van der Waals surface area contributed by atoms with Crippen LogP contribution in [0, 0.1) is 28.6 Å². The Morgan fingerprint density at radius 2 is 2.04 bits per heavy atom. The fourth-order valence-electron chi connectivity index (χ4n) is 2.85. The Kier molecular flexibility index (Phi) is 3.78. The maximum atomic E-state index is 9.50. The predicted octanol–water partition coefficient (Wildman–Crippen LogP) is 3.84. The number of nitriles is 2. The molecule has 1 aliphatic rings. The van der Waals surface area contributed by atoms with E-state index < -0.39 is 11.8 Å². The minimum absolute atomic E-state index is 0.423. The molecule has 2 atom stereocenters. The lowest BCUT2D eigenvalue weighted by molar-refractivity contribution is 0.468. The van der Waals surface area contributed by atoms with Gasteiger partial charge in [0, 0.05) is 29.2 Å². The summed E-state index contributed by atoms with van der Waals surface area (Å²) in [5.41, 5.74) is 3.62. The molecular weight excluding hydrogens is 288 g/mol. The van der Waals surface area contributed by atoms with E-state index in [2.05, 4.69) is 22.1 Å². The van der Waals surface area contributed by atoms with Gasteiger partial charge in [0.05, 0.1) is 41.5 Å². The van der Waals surface area contributed by atoms with Gasteiger partial charge in [-0.1, -0.05) is 6.07 Å². The molecule has 0 radical (unpaired) electrons. The molecule has 2 aromatic heterocycles. The summed E-state index contributed by atoms with van der Waals surface area (Å²) in [5, 5.41) is 19.0. The van der Waals surface area contributed by atoms with Crippen molar-refractivity contribution in [1.29, 1.82) is 10.5 Å². The summed E-state index contributed by atoms with van der Waals surface area (Å²) in [6, 6.07) is 10.1. The van der Waals surface area contributed by atoms with Crippen molar-refractivity contribution >= 4 is 5.71 Å². The number of aliphatic imine (C=N–C) groups is 1. The molecule has 0 aromatic carbocycles. The second-order valence-corrected chi connectivity index (χ2v) is 5.43. The fourth-order valence-corrected chi connectivity index (χ4v) is 2.85. The highest BCUT2D eigenvalue weighted by atomic mass is 16.3. The average Bonchev–Trinajstić information content (AvgIpc) is 3.04. The molecular formula is C18H14N4O. The van der Waals surface area contributed by atoms with E-state index in [1.807, 2.05) is 25.1 Å². The van der Waals surface area contributed by atoms with Crippen molar-refractivity contribution in [2.75, 3.05) is 0 Å². The Bertz CT molecular complexity index is 878. The van der Waals surface area contributed by atoms with Crippen LogP contribution in [0.2, 0.25) is 0 Å². The lowest BCUT2D eigenvalue weighted by atomic mass is 9.79. The van der Waals surface area contributed by atoms with Crippen molar-refractivity contribution in [3.05, 3.63) is 53.9 Å². The number of aromatic nitrogens is 1. The Balaban J connectivity index is 2.07. The lowest BCUT2D eigenvalue weighted by Gasteiger charge is -2.24. The SMILES string of the molecule is CC1=NC(C)=C(C#N)C(c2cc(-c3cccnc3)co2)C1C#N. The molecule has 0 bridgehead atoms. The molecule has 2 aromatic rings. The summed E-state index contributed by atoms with van der Waals surface area (Å²) >= 11 is 0. The van der Waals surface area contributed by atoms with Crippen molar-refractivity contribution in [2.24, 2.45) is 10.9 Å². The first-order chi connectivity index (χ1) is 11.2. The quantitative estimate of drug-likeness (QED) is 0.843. The molecule has 23 heavy (non-hydrogen) atoms. The van der Waals surface area contributed by atoms with Crippen LogP contribution in [-0.4, -0.2) is 10.7 Å². The first-order valence-electron chi connectivity index (χ1n) is 7.20. The third kappa shape index (κ3) is 2.54. The van der Waals surface area contributed by atoms with E-state index in [9.17, 15) is 10.5 Å². The lowest BCUT2D eigenvalue weighted by Crippen LogP contribution is -2.24. The van der Waals surface area contributed by atoms with Crippen LogP contribution < -0.4 is 0 Å². The standard InChI is InChI=1S/C18H14N4O/c1-11-15(7-19)18(16(8-20)12(2)22-11)17-6-14(10-23-17)13-4-3-5-21-9-13/h3-6,9-10,15,18H,1-2H3. The van der Waals surface area contributed by atoms with Gasteiger partial charge in [-0.3, -0.25) is 9.98 Å². The normalized spacial score (nSPS) is 20.6. The van der Waals surface area contributed by atoms with Gasteiger partial charge in [0.25, 0.3) is 0 Å². The maximum absolute atomic E-state index is 9.50. The minimum atomic E-state index is -0.499. The third-order valence-corrected chi connectivity index (χ3v) is 4.01. The Hall–Kier alpha value is -3.18. The zero-order valence-electron chi connectivity index (χ0n) is 12.8. The van der Waals surface area contributed by atoms with Crippen LogP contribution in [0.15, 0.2) is 57.5 Å². The molecule has 0 N–H and O–H groups in total. The van der Waals surface area contributed by atoms with Crippen LogP contribution in [0.25, 0.3) is 11.1 Å². The average molecular weight is 302 g/mol. The zero-order chi connectivity index (χ0) is 16.4. The molecule has 0 fully saturated rings. The summed E-state index contributed by atoms with van der Waals surface area (Å²) < 4.78 is 5.70. The van der Waals surface area contributed by atoms with E-state index in [4.69, 9.17) is 4.42 Å². The Morgan fingerprint density at radius 3 is 2.70 bits per heavy atom. The molecule has 0 saturated carbocycles. The Morgan fingerprint density at radius 1 is 1.22 bits per heavy atom. The molecule has 2 unspecified atom stereocenters. The van der Waals surface area contributed by atoms with Crippen LogP contribution >= 0.6 is 0 Å². The maximum Gasteiger partial charge on any atom is 0.114 e. The highest BCUT2D eigenvalue weighted by molar-refractivity contribution is 5.90. The summed E-state index contributed by atoms with van der Waals surface area (Å²) in [6.45, 7) is 3.59. The van der Waals surface area contributed by atoms with Gasteiger partial charge in [0.1, 0.15) is 5.76 Å². The number of furan rings is 1. The van der Waals surface area contributed by atoms with E-state index in [-0.39, 0.29) is 0 Å². The van der Waals surface area contributed by atoms with Crippen molar-refractivity contribution in [3.8, 4) is 23.3 Å². The van der Waals surface area contributed by atoms with Gasteiger partial charge in [-0.2, -0.15) is 10.5 Å². The summed E-state index contributed by atoms with van der Waals surface area (Å²) in [4.78, 5) is 8.42. The summed E-state index contributed by atoms with van der Waals surface area (Å²) in [7, 11) is 0. The Labute approximate surface area is 134 Å². The second-order valence-electron chi connectivity index (χ2n) is 5.43. The number of pyridine rings is 1. The number of allylic oxidation sites excluding steroid dienone is 2. The first-order valence-corrected chi connectivity index (χ1v) is 7.20. The van der Waals surface area contributed by atoms with Crippen molar-refractivity contribution < 1.29 is 4.42 Å². The molecule has 112 valence electrons. The first kappa shape index (κ1) is 14.7. The number of nitrogens with zero attached hydrogens (tertiary/aromatic N) is 4. The fraction of sp³-hybridized carbons (Fsp3) is 0.222. The van der Waals surface area contributed by atoms with Gasteiger partial charge in [0.15, 0.2) is 0 Å². The third-order valence-electron chi connectivity index (χ3n) is 4.01. The van der Waals surface area contributed by atoms with Crippen LogP contribution in [0.5, 0.6) is 0 Å². The summed E-state index contributed by atoms with van der Waals surface area (Å²) in [5.74, 6) is -0.324. The van der Waals surface area contributed by atoms with E-state index in [1.165, 1.54) is 0 Å². The van der Waals surface area contributed by atoms with Crippen molar-refractivity contribution in [2.45, 2.75) is 19.8 Å². The van der Waals surface area contributed by atoms with E-state index >= 15 is 0 Å². The molecule has 0 aliphatic carbocycles. The van der Waals surface area contributed by atoms with Crippen LogP contribution in [0.3, 0.4) is 0 Å². The van der Waals surface area contributed by atoms with Gasteiger partial charge in [-0.05, 0) is 26.0 Å². The number of rotatable bonds is 2. The number of hydrogen-bond acceptors (Lipinski definition) is 5. The van der Waals surface area contributed by atoms with Crippen molar-refractivity contribution in [1.82, 2.24) is 4.98 Å². The van der Waals surface area contributed by atoms with Gasteiger partial charge in [-0.25, -0.2) is 0 Å². The molecule has 3 rings (SSSR count). The molecule has 5 nitrogen and oxygen atoms in total.